The number of hydrogen-bond donors (Lipinski definition) is 0. The van der Waals surface area contributed by atoms with E-state index in [1.165, 1.54) is 12.0 Å². The third kappa shape index (κ3) is 2.17. The highest BCUT2D eigenvalue weighted by molar-refractivity contribution is 9.10. The van der Waals surface area contributed by atoms with Crippen molar-refractivity contribution >= 4 is 21.7 Å². The maximum Gasteiger partial charge on any atom is 0.143 e. The molecule has 1 aromatic heterocycles. The fraction of sp³-hybridized carbons (Fsp3) is 0.583. The van der Waals surface area contributed by atoms with Crippen molar-refractivity contribution in [1.29, 1.82) is 0 Å². The number of aromatic nitrogens is 1. The first-order chi connectivity index (χ1) is 7.08. The van der Waals surface area contributed by atoms with E-state index in [0.29, 0.717) is 6.04 Å². The van der Waals surface area contributed by atoms with Crippen molar-refractivity contribution in [2.45, 2.75) is 33.2 Å². The minimum absolute atomic E-state index is 0.603. The molecule has 2 atom stereocenters. The van der Waals surface area contributed by atoms with E-state index in [4.69, 9.17) is 0 Å². The summed E-state index contributed by atoms with van der Waals surface area (Å²) in [6, 6.07) is 2.74. The summed E-state index contributed by atoms with van der Waals surface area (Å²) < 4.78 is 1.11. The molecule has 1 aliphatic rings. The van der Waals surface area contributed by atoms with Crippen LogP contribution in [0.2, 0.25) is 0 Å². The van der Waals surface area contributed by atoms with E-state index in [0.717, 1.165) is 22.8 Å². The van der Waals surface area contributed by atoms with Gasteiger partial charge in [0.05, 0.1) is 4.47 Å². The SMILES string of the molecule is Cc1cnc(N2CC(C)CC2C)c(Br)c1. The summed E-state index contributed by atoms with van der Waals surface area (Å²) in [5.41, 5.74) is 1.20. The standard InChI is InChI=1S/C12H17BrN2/c1-8-5-11(13)12(14-6-8)15-7-9(2)4-10(15)3/h5-6,9-10H,4,7H2,1-3H3. The smallest absolute Gasteiger partial charge is 0.143 e. The Balaban J connectivity index is 2.29. The number of hydrogen-bond acceptors (Lipinski definition) is 2. The van der Waals surface area contributed by atoms with Gasteiger partial charge in [-0.05, 0) is 53.7 Å². The quantitative estimate of drug-likeness (QED) is 0.777. The Morgan fingerprint density at radius 1 is 1.47 bits per heavy atom. The average molecular weight is 269 g/mol. The maximum atomic E-state index is 4.52. The molecule has 82 valence electrons. The summed E-state index contributed by atoms with van der Waals surface area (Å²) in [7, 11) is 0. The minimum Gasteiger partial charge on any atom is -0.353 e. The fourth-order valence-electron chi connectivity index (χ4n) is 2.33. The summed E-state index contributed by atoms with van der Waals surface area (Å²) in [4.78, 5) is 6.92. The van der Waals surface area contributed by atoms with Gasteiger partial charge in [0.1, 0.15) is 5.82 Å². The van der Waals surface area contributed by atoms with Gasteiger partial charge in [-0.25, -0.2) is 4.98 Å². The molecule has 0 spiro atoms. The van der Waals surface area contributed by atoms with Gasteiger partial charge in [-0.15, -0.1) is 0 Å². The zero-order valence-electron chi connectivity index (χ0n) is 9.50. The Kier molecular flexibility index (Phi) is 3.01. The second-order valence-corrected chi connectivity index (χ2v) is 5.51. The largest absolute Gasteiger partial charge is 0.353 e. The topological polar surface area (TPSA) is 16.1 Å². The molecule has 0 aromatic carbocycles. The van der Waals surface area contributed by atoms with Crippen molar-refractivity contribution in [3.63, 3.8) is 0 Å². The molecular weight excluding hydrogens is 252 g/mol. The molecule has 1 saturated heterocycles. The van der Waals surface area contributed by atoms with Crippen LogP contribution in [-0.2, 0) is 0 Å². The lowest BCUT2D eigenvalue weighted by Gasteiger charge is -2.23. The second kappa shape index (κ2) is 4.12. The Hall–Kier alpha value is -0.570. The summed E-state index contributed by atoms with van der Waals surface area (Å²) in [5.74, 6) is 1.87. The number of halogens is 1. The summed E-state index contributed by atoms with van der Waals surface area (Å²) in [5, 5.41) is 0. The van der Waals surface area contributed by atoms with Gasteiger partial charge in [-0.1, -0.05) is 6.92 Å². The third-order valence-corrected chi connectivity index (χ3v) is 3.60. The average Bonchev–Trinajstić information content (AvgIpc) is 2.45. The van der Waals surface area contributed by atoms with Crippen LogP contribution in [0.25, 0.3) is 0 Å². The number of pyridine rings is 1. The molecule has 1 fully saturated rings. The van der Waals surface area contributed by atoms with Crippen LogP contribution < -0.4 is 4.90 Å². The minimum atomic E-state index is 0.603. The van der Waals surface area contributed by atoms with Crippen molar-refractivity contribution in [2.24, 2.45) is 5.92 Å². The highest BCUT2D eigenvalue weighted by atomic mass is 79.9. The van der Waals surface area contributed by atoms with Crippen LogP contribution in [0.1, 0.15) is 25.8 Å². The van der Waals surface area contributed by atoms with Gasteiger partial charge in [0.25, 0.3) is 0 Å². The molecule has 2 rings (SSSR count). The van der Waals surface area contributed by atoms with Gasteiger partial charge < -0.3 is 4.90 Å². The number of anilines is 1. The third-order valence-electron chi connectivity index (χ3n) is 3.01. The number of nitrogens with zero attached hydrogens (tertiary/aromatic N) is 2. The summed E-state index contributed by atoms with van der Waals surface area (Å²) in [6.07, 6.45) is 3.21. The van der Waals surface area contributed by atoms with Gasteiger partial charge in [0.15, 0.2) is 0 Å². The van der Waals surface area contributed by atoms with Crippen LogP contribution >= 0.6 is 15.9 Å². The van der Waals surface area contributed by atoms with Gasteiger partial charge in [0, 0.05) is 18.8 Å². The van der Waals surface area contributed by atoms with E-state index in [1.807, 2.05) is 6.20 Å². The molecule has 2 nitrogen and oxygen atoms in total. The van der Waals surface area contributed by atoms with Crippen LogP contribution in [0, 0.1) is 12.8 Å². The van der Waals surface area contributed by atoms with E-state index in [1.54, 1.807) is 0 Å². The summed E-state index contributed by atoms with van der Waals surface area (Å²) in [6.45, 7) is 7.77. The molecule has 1 aromatic rings. The molecule has 0 radical (unpaired) electrons. The van der Waals surface area contributed by atoms with Gasteiger partial charge >= 0.3 is 0 Å². The van der Waals surface area contributed by atoms with Crippen LogP contribution in [-0.4, -0.2) is 17.6 Å². The van der Waals surface area contributed by atoms with Crippen LogP contribution in [0.4, 0.5) is 5.82 Å². The lowest BCUT2D eigenvalue weighted by atomic mass is 10.1. The number of aryl methyl sites for hydroxylation is 1. The predicted molar refractivity (Wildman–Crippen MR) is 67.3 cm³/mol. The van der Waals surface area contributed by atoms with Crippen LogP contribution in [0.15, 0.2) is 16.7 Å². The monoisotopic (exact) mass is 268 g/mol. The highest BCUT2D eigenvalue weighted by Crippen LogP contribution is 2.32. The Morgan fingerprint density at radius 2 is 2.20 bits per heavy atom. The van der Waals surface area contributed by atoms with Gasteiger partial charge in [-0.3, -0.25) is 0 Å². The fourth-order valence-corrected chi connectivity index (χ4v) is 3.02. The Labute approximate surface area is 99.8 Å². The van der Waals surface area contributed by atoms with E-state index < -0.39 is 0 Å². The zero-order chi connectivity index (χ0) is 11.0. The second-order valence-electron chi connectivity index (χ2n) is 4.66. The lowest BCUT2D eigenvalue weighted by Crippen LogP contribution is -2.27. The van der Waals surface area contributed by atoms with E-state index in [9.17, 15) is 0 Å². The Bertz CT molecular complexity index is 365. The molecule has 0 saturated carbocycles. The molecule has 1 aliphatic heterocycles. The van der Waals surface area contributed by atoms with E-state index >= 15 is 0 Å². The molecular formula is C12H17BrN2. The summed E-state index contributed by atoms with van der Waals surface area (Å²) >= 11 is 3.60. The van der Waals surface area contributed by atoms with Crippen molar-refractivity contribution in [3.8, 4) is 0 Å². The van der Waals surface area contributed by atoms with Crippen molar-refractivity contribution in [1.82, 2.24) is 4.98 Å². The zero-order valence-corrected chi connectivity index (χ0v) is 11.1. The normalized spacial score (nSPS) is 26.0. The maximum absolute atomic E-state index is 4.52. The lowest BCUT2D eigenvalue weighted by molar-refractivity contribution is 0.625. The molecule has 3 heteroatoms. The molecule has 15 heavy (non-hydrogen) atoms. The first kappa shape index (κ1) is 10.9. The van der Waals surface area contributed by atoms with Crippen LogP contribution in [0.3, 0.4) is 0 Å². The molecule has 2 unspecified atom stereocenters. The van der Waals surface area contributed by atoms with Crippen molar-refractivity contribution in [2.75, 3.05) is 11.4 Å². The van der Waals surface area contributed by atoms with E-state index in [-0.39, 0.29) is 0 Å². The first-order valence-corrected chi connectivity index (χ1v) is 6.26. The van der Waals surface area contributed by atoms with Gasteiger partial charge in [0.2, 0.25) is 0 Å². The molecule has 0 amide bonds. The predicted octanol–water partition coefficient (Wildman–Crippen LogP) is 3.39. The van der Waals surface area contributed by atoms with E-state index in [2.05, 4.69) is 52.7 Å². The van der Waals surface area contributed by atoms with Crippen molar-refractivity contribution < 1.29 is 0 Å². The number of rotatable bonds is 1. The highest BCUT2D eigenvalue weighted by Gasteiger charge is 2.28. The Morgan fingerprint density at radius 3 is 2.73 bits per heavy atom. The molecule has 2 heterocycles. The van der Waals surface area contributed by atoms with Crippen LogP contribution in [0.5, 0.6) is 0 Å². The molecule has 0 aliphatic carbocycles. The van der Waals surface area contributed by atoms with Gasteiger partial charge in [-0.2, -0.15) is 0 Å². The van der Waals surface area contributed by atoms with Crippen molar-refractivity contribution in [3.05, 3.63) is 22.3 Å². The first-order valence-electron chi connectivity index (χ1n) is 5.46. The molecule has 0 bridgehead atoms. The molecule has 0 N–H and O–H groups in total.